The molecule has 4 N–H and O–H groups in total. The van der Waals surface area contributed by atoms with E-state index in [1.165, 1.54) is 11.1 Å². The molecule has 3 rings (SSSR count). The molecule has 0 bridgehead atoms. The minimum Gasteiger partial charge on any atom is -0.389 e. The second-order valence-corrected chi connectivity index (χ2v) is 7.45. The Hall–Kier alpha value is -1.43. The van der Waals surface area contributed by atoms with Crippen LogP contribution in [-0.2, 0) is 16.0 Å². The third-order valence-corrected chi connectivity index (χ3v) is 5.66. The molecule has 5 heteroatoms. The number of rotatable bonds is 7. The smallest absolute Gasteiger partial charge is 0.237 e. The second kappa shape index (κ2) is 8.30. The summed E-state index contributed by atoms with van der Waals surface area (Å²) in [7, 11) is 0. The molecule has 0 spiro atoms. The first-order valence-electron chi connectivity index (χ1n) is 9.53. The van der Waals surface area contributed by atoms with E-state index >= 15 is 0 Å². The van der Waals surface area contributed by atoms with E-state index in [9.17, 15) is 9.90 Å². The molecule has 1 aromatic rings. The molecule has 25 heavy (non-hydrogen) atoms. The van der Waals surface area contributed by atoms with Crippen LogP contribution in [0.15, 0.2) is 24.3 Å². The van der Waals surface area contributed by atoms with Crippen LogP contribution in [0.5, 0.6) is 0 Å². The highest BCUT2D eigenvalue weighted by Crippen LogP contribution is 2.32. The van der Waals surface area contributed by atoms with E-state index < -0.39 is 11.6 Å². The molecule has 138 valence electrons. The largest absolute Gasteiger partial charge is 0.389 e. The molecule has 2 unspecified atom stereocenters. The van der Waals surface area contributed by atoms with Gasteiger partial charge in [-0.15, -0.1) is 0 Å². The molecule has 1 amide bonds. The molecule has 0 aromatic heterocycles. The van der Waals surface area contributed by atoms with Crippen molar-refractivity contribution < 1.29 is 14.6 Å². The Labute approximate surface area is 149 Å². The number of aryl methyl sites for hydroxylation is 1. The molecular weight excluding hydrogens is 316 g/mol. The predicted molar refractivity (Wildman–Crippen MR) is 97.1 cm³/mol. The first-order chi connectivity index (χ1) is 12.1. The lowest BCUT2D eigenvalue weighted by Crippen LogP contribution is -2.58. The summed E-state index contributed by atoms with van der Waals surface area (Å²) in [5.41, 5.74) is 7.56. The van der Waals surface area contributed by atoms with Crippen molar-refractivity contribution in [2.75, 3.05) is 13.2 Å². The highest BCUT2D eigenvalue weighted by Gasteiger charge is 2.37. The number of fused-ring (bicyclic) bond motifs is 1. The highest BCUT2D eigenvalue weighted by atomic mass is 16.5. The molecule has 1 saturated carbocycles. The van der Waals surface area contributed by atoms with Crippen LogP contribution in [0.1, 0.15) is 62.2 Å². The van der Waals surface area contributed by atoms with Gasteiger partial charge in [0.2, 0.25) is 5.91 Å². The van der Waals surface area contributed by atoms with Crippen LogP contribution in [0, 0.1) is 0 Å². The molecule has 0 heterocycles. The van der Waals surface area contributed by atoms with Gasteiger partial charge in [-0.25, -0.2) is 0 Å². The van der Waals surface area contributed by atoms with Crippen LogP contribution in [0.2, 0.25) is 0 Å². The van der Waals surface area contributed by atoms with Gasteiger partial charge < -0.3 is 20.9 Å². The minimum absolute atomic E-state index is 0.0550. The fraction of sp³-hybridized carbons (Fsp3) is 0.650. The van der Waals surface area contributed by atoms with Gasteiger partial charge in [0.15, 0.2) is 0 Å². The first-order valence-corrected chi connectivity index (χ1v) is 9.53. The van der Waals surface area contributed by atoms with Crippen molar-refractivity contribution in [2.24, 2.45) is 5.73 Å². The number of aliphatic hydroxyl groups is 1. The van der Waals surface area contributed by atoms with E-state index in [1.54, 1.807) is 0 Å². The maximum atomic E-state index is 11.9. The summed E-state index contributed by atoms with van der Waals surface area (Å²) in [5, 5.41) is 13.6. The predicted octanol–water partition coefficient (Wildman–Crippen LogP) is 2.22. The Bertz CT molecular complexity index is 584. The number of carbonyl (C=O) groups excluding carboxylic acids is 1. The Morgan fingerprint density at radius 1 is 1.28 bits per heavy atom. The van der Waals surface area contributed by atoms with Crippen LogP contribution in [0.3, 0.4) is 0 Å². The maximum Gasteiger partial charge on any atom is 0.237 e. The van der Waals surface area contributed by atoms with Crippen molar-refractivity contribution in [1.82, 2.24) is 5.32 Å². The van der Waals surface area contributed by atoms with Gasteiger partial charge in [-0.1, -0.05) is 43.5 Å². The fourth-order valence-electron chi connectivity index (χ4n) is 4.15. The van der Waals surface area contributed by atoms with Crippen molar-refractivity contribution in [3.8, 4) is 0 Å². The Kier molecular flexibility index (Phi) is 6.10. The standard InChI is InChI=1S/C20H30N2O3/c21-19(24)20(11-4-1-5-12-20)22-13-16(23)14-25-18-10-6-8-15-7-2-3-9-17(15)18/h2-3,7,9,16,18,22-23H,1,4-6,8,10-14H2,(H2,21,24). The summed E-state index contributed by atoms with van der Waals surface area (Å²) >= 11 is 0. The number of primary amides is 1. The summed E-state index contributed by atoms with van der Waals surface area (Å²) in [6.45, 7) is 0.595. The van der Waals surface area contributed by atoms with Crippen molar-refractivity contribution in [2.45, 2.75) is 69.1 Å². The normalized spacial score (nSPS) is 23.6. The average molecular weight is 346 g/mol. The van der Waals surface area contributed by atoms with E-state index in [4.69, 9.17) is 10.5 Å². The number of hydrogen-bond acceptors (Lipinski definition) is 4. The highest BCUT2D eigenvalue weighted by molar-refractivity contribution is 5.84. The number of β-amino-alcohol motifs (C(OH)–C–C–N with tert-alkyl or cyclic N) is 1. The summed E-state index contributed by atoms with van der Waals surface area (Å²) in [6, 6.07) is 8.38. The van der Waals surface area contributed by atoms with Crippen molar-refractivity contribution in [3.05, 3.63) is 35.4 Å². The molecule has 1 aromatic carbocycles. The summed E-state index contributed by atoms with van der Waals surface area (Å²) in [6.07, 6.45) is 7.26. The van der Waals surface area contributed by atoms with E-state index in [0.717, 1.165) is 51.4 Å². The maximum absolute atomic E-state index is 11.9. The molecule has 2 aliphatic rings. The molecular formula is C20H30N2O3. The van der Waals surface area contributed by atoms with E-state index in [-0.39, 0.29) is 18.6 Å². The molecule has 2 aliphatic carbocycles. The Morgan fingerprint density at radius 3 is 2.80 bits per heavy atom. The molecule has 1 fully saturated rings. The molecule has 2 atom stereocenters. The SMILES string of the molecule is NC(=O)C1(NCC(O)COC2CCCc3ccccc32)CCCCC1. The quantitative estimate of drug-likeness (QED) is 0.707. The number of ether oxygens (including phenoxy) is 1. The van der Waals surface area contributed by atoms with Crippen LogP contribution >= 0.6 is 0 Å². The van der Waals surface area contributed by atoms with E-state index in [2.05, 4.69) is 23.5 Å². The monoisotopic (exact) mass is 346 g/mol. The third-order valence-electron chi connectivity index (χ3n) is 5.66. The van der Waals surface area contributed by atoms with Gasteiger partial charge >= 0.3 is 0 Å². The first kappa shape index (κ1) is 18.4. The van der Waals surface area contributed by atoms with Gasteiger partial charge in [-0.2, -0.15) is 0 Å². The molecule has 0 saturated heterocycles. The van der Waals surface area contributed by atoms with Gasteiger partial charge in [0.05, 0.1) is 24.4 Å². The number of aliphatic hydroxyl groups excluding tert-OH is 1. The van der Waals surface area contributed by atoms with Crippen LogP contribution in [-0.4, -0.2) is 35.8 Å². The van der Waals surface area contributed by atoms with Gasteiger partial charge in [0.1, 0.15) is 0 Å². The van der Waals surface area contributed by atoms with Crippen molar-refractivity contribution in [3.63, 3.8) is 0 Å². The minimum atomic E-state index is -0.656. The lowest BCUT2D eigenvalue weighted by molar-refractivity contribution is -0.126. The number of hydrogen-bond donors (Lipinski definition) is 3. The van der Waals surface area contributed by atoms with E-state index in [0.29, 0.717) is 6.54 Å². The number of benzene rings is 1. The summed E-state index contributed by atoms with van der Waals surface area (Å²) < 4.78 is 6.00. The van der Waals surface area contributed by atoms with Gasteiger partial charge in [0.25, 0.3) is 0 Å². The summed E-state index contributed by atoms with van der Waals surface area (Å²) in [5.74, 6) is -0.304. The third kappa shape index (κ3) is 4.40. The Morgan fingerprint density at radius 2 is 2.04 bits per heavy atom. The number of amides is 1. The second-order valence-electron chi connectivity index (χ2n) is 7.45. The number of nitrogens with one attached hydrogen (secondary N) is 1. The van der Waals surface area contributed by atoms with Crippen molar-refractivity contribution >= 4 is 5.91 Å². The topological polar surface area (TPSA) is 84.6 Å². The number of nitrogens with two attached hydrogens (primary N) is 1. The van der Waals surface area contributed by atoms with Gasteiger partial charge in [0, 0.05) is 6.54 Å². The van der Waals surface area contributed by atoms with Crippen LogP contribution in [0.25, 0.3) is 0 Å². The average Bonchev–Trinajstić information content (AvgIpc) is 2.65. The Balaban J connectivity index is 1.50. The van der Waals surface area contributed by atoms with Crippen LogP contribution < -0.4 is 11.1 Å². The fourth-order valence-corrected chi connectivity index (χ4v) is 4.15. The lowest BCUT2D eigenvalue weighted by Gasteiger charge is -2.36. The molecule has 0 aliphatic heterocycles. The lowest BCUT2D eigenvalue weighted by atomic mass is 9.81. The summed E-state index contributed by atoms with van der Waals surface area (Å²) in [4.78, 5) is 11.9. The zero-order valence-corrected chi connectivity index (χ0v) is 14.9. The van der Waals surface area contributed by atoms with E-state index in [1.807, 2.05) is 6.07 Å². The zero-order chi connectivity index (χ0) is 17.7. The molecule has 5 nitrogen and oxygen atoms in total. The number of carbonyl (C=O) groups is 1. The van der Waals surface area contributed by atoms with Gasteiger partial charge in [-0.3, -0.25) is 4.79 Å². The van der Waals surface area contributed by atoms with Crippen molar-refractivity contribution in [1.29, 1.82) is 0 Å². The molecule has 0 radical (unpaired) electrons. The zero-order valence-electron chi connectivity index (χ0n) is 14.9. The van der Waals surface area contributed by atoms with Crippen LogP contribution in [0.4, 0.5) is 0 Å². The van der Waals surface area contributed by atoms with Gasteiger partial charge in [-0.05, 0) is 43.2 Å².